The Morgan fingerprint density at radius 1 is 1.19 bits per heavy atom. The smallest absolute Gasteiger partial charge is 0.268 e. The highest BCUT2D eigenvalue weighted by atomic mass is 35.5. The Balaban J connectivity index is 0.00000341. The molecule has 1 atom stereocenters. The molecule has 1 unspecified atom stereocenters. The number of primary amides is 1. The van der Waals surface area contributed by atoms with Gasteiger partial charge in [0.2, 0.25) is 5.91 Å². The van der Waals surface area contributed by atoms with Crippen LogP contribution in [0.25, 0.3) is 0 Å². The van der Waals surface area contributed by atoms with Gasteiger partial charge in [-0.1, -0.05) is 56.6 Å². The highest BCUT2D eigenvalue weighted by Crippen LogP contribution is 2.49. The Morgan fingerprint density at radius 2 is 1.84 bits per heavy atom. The third kappa shape index (κ3) is 4.30. The van der Waals surface area contributed by atoms with Crippen molar-refractivity contribution in [3.05, 3.63) is 63.7 Å². The third-order valence-electron chi connectivity index (χ3n) is 5.88. The topological polar surface area (TPSA) is 86.9 Å². The molecule has 1 aliphatic heterocycles. The fraction of sp³-hybridized carbons (Fsp3) is 0.391. The summed E-state index contributed by atoms with van der Waals surface area (Å²) >= 11 is 6.54. The van der Waals surface area contributed by atoms with Crippen LogP contribution in [0.2, 0.25) is 5.02 Å². The molecule has 0 aromatic heterocycles. The van der Waals surface area contributed by atoms with E-state index in [0.29, 0.717) is 36.3 Å². The lowest BCUT2D eigenvalue weighted by Gasteiger charge is -2.27. The lowest BCUT2D eigenvalue weighted by molar-refractivity contribution is -0.132. The molecule has 6 nitrogen and oxygen atoms in total. The number of aliphatic hydroxyl groups is 1. The molecule has 31 heavy (non-hydrogen) atoms. The molecule has 2 amide bonds. The zero-order valence-corrected chi connectivity index (χ0v) is 19.6. The first-order valence-corrected chi connectivity index (χ1v) is 10.7. The second-order valence-corrected chi connectivity index (χ2v) is 7.83. The predicted octanol–water partition coefficient (Wildman–Crippen LogP) is 3.35. The number of carbonyl (C=O) groups excluding carboxylic acids is 2. The second kappa shape index (κ2) is 10.0. The lowest BCUT2D eigenvalue weighted by Crippen LogP contribution is -2.44. The van der Waals surface area contributed by atoms with Gasteiger partial charge in [-0.15, -0.1) is 12.4 Å². The van der Waals surface area contributed by atoms with Crippen LogP contribution >= 0.6 is 24.0 Å². The normalized spacial score (nSPS) is 17.6. The van der Waals surface area contributed by atoms with Crippen molar-refractivity contribution < 1.29 is 14.7 Å². The molecule has 0 saturated heterocycles. The molecule has 2 aromatic rings. The van der Waals surface area contributed by atoms with E-state index in [-0.39, 0.29) is 23.0 Å². The largest absolute Gasteiger partial charge is 0.372 e. The van der Waals surface area contributed by atoms with E-state index in [1.165, 1.54) is 11.0 Å². The van der Waals surface area contributed by atoms with Crippen molar-refractivity contribution in [2.45, 2.75) is 32.8 Å². The molecule has 0 aliphatic carbocycles. The summed E-state index contributed by atoms with van der Waals surface area (Å²) in [5.41, 5.74) is 5.87. The van der Waals surface area contributed by atoms with E-state index in [4.69, 9.17) is 17.3 Å². The third-order valence-corrected chi connectivity index (χ3v) is 6.18. The zero-order valence-electron chi connectivity index (χ0n) is 18.0. The summed E-state index contributed by atoms with van der Waals surface area (Å²) in [7, 11) is 0. The van der Waals surface area contributed by atoms with E-state index in [1.807, 2.05) is 19.1 Å². The Morgan fingerprint density at radius 3 is 2.42 bits per heavy atom. The Kier molecular flexibility index (Phi) is 8.11. The maximum Gasteiger partial charge on any atom is 0.268 e. The van der Waals surface area contributed by atoms with Crippen molar-refractivity contribution >= 4 is 41.5 Å². The summed E-state index contributed by atoms with van der Waals surface area (Å²) in [4.78, 5) is 29.2. The van der Waals surface area contributed by atoms with Crippen LogP contribution in [0, 0.1) is 0 Å². The number of likely N-dealkylation sites (N-methyl/N-ethyl adjacent to an activating group) is 1. The van der Waals surface area contributed by atoms with Crippen LogP contribution in [0.5, 0.6) is 0 Å². The quantitative estimate of drug-likeness (QED) is 0.625. The minimum absolute atomic E-state index is 0. The summed E-state index contributed by atoms with van der Waals surface area (Å²) in [6, 6.07) is 10.3. The highest BCUT2D eigenvalue weighted by Gasteiger charge is 2.53. The molecular weight excluding hydrogens is 437 g/mol. The number of aryl methyl sites for hydroxylation is 1. The number of fused-ring (bicyclic) bond motifs is 1. The second-order valence-electron chi connectivity index (χ2n) is 7.42. The zero-order chi connectivity index (χ0) is 22.1. The number of hydrogen-bond acceptors (Lipinski definition) is 4. The van der Waals surface area contributed by atoms with Crippen molar-refractivity contribution in [1.82, 2.24) is 4.90 Å². The fourth-order valence-corrected chi connectivity index (χ4v) is 4.50. The van der Waals surface area contributed by atoms with E-state index in [1.54, 1.807) is 18.2 Å². The van der Waals surface area contributed by atoms with E-state index >= 15 is 0 Å². The number of carbonyl (C=O) groups is 2. The van der Waals surface area contributed by atoms with Crippen molar-refractivity contribution in [2.24, 2.45) is 5.73 Å². The van der Waals surface area contributed by atoms with E-state index < -0.39 is 17.4 Å². The summed E-state index contributed by atoms with van der Waals surface area (Å²) in [6.45, 7) is 8.76. The van der Waals surface area contributed by atoms with Crippen molar-refractivity contribution in [3.8, 4) is 0 Å². The van der Waals surface area contributed by atoms with Gasteiger partial charge in [-0.2, -0.15) is 0 Å². The van der Waals surface area contributed by atoms with Gasteiger partial charge >= 0.3 is 0 Å². The molecule has 0 spiro atoms. The average molecular weight is 466 g/mol. The SMILES string of the molecule is CCc1ccccc1C1(O)C(=O)N(CCN(CC)CC)c2cc(C(N)=O)cc(Cl)c21.Cl. The van der Waals surface area contributed by atoms with E-state index in [2.05, 4.69) is 18.7 Å². The first-order chi connectivity index (χ1) is 14.3. The van der Waals surface area contributed by atoms with E-state index in [9.17, 15) is 14.7 Å². The Bertz CT molecular complexity index is 979. The standard InChI is InChI=1S/C23H28ClN3O3.ClH/c1-4-15-9-7-8-10-17(15)23(30)20-18(24)13-16(21(25)28)14-19(20)27(22(23)29)12-11-26(5-2)6-3;/h7-10,13-14,30H,4-6,11-12H2,1-3H3,(H2,25,28);1H. The molecule has 0 bridgehead atoms. The number of nitrogens with zero attached hydrogens (tertiary/aromatic N) is 2. The van der Waals surface area contributed by atoms with Crippen LogP contribution in [0.1, 0.15) is 47.8 Å². The van der Waals surface area contributed by atoms with Crippen LogP contribution in [0.4, 0.5) is 5.69 Å². The van der Waals surface area contributed by atoms with Crippen molar-refractivity contribution in [3.63, 3.8) is 0 Å². The van der Waals surface area contributed by atoms with Crippen LogP contribution in [0.15, 0.2) is 36.4 Å². The first kappa shape index (κ1) is 25.1. The van der Waals surface area contributed by atoms with Crippen LogP contribution in [0.3, 0.4) is 0 Å². The number of anilines is 1. The predicted molar refractivity (Wildman–Crippen MR) is 126 cm³/mol. The van der Waals surface area contributed by atoms with Gasteiger partial charge in [0.05, 0.1) is 10.7 Å². The van der Waals surface area contributed by atoms with Crippen LogP contribution in [-0.2, 0) is 16.8 Å². The molecular formula is C23H29Cl2N3O3. The average Bonchev–Trinajstić information content (AvgIpc) is 2.96. The maximum atomic E-state index is 13.7. The van der Waals surface area contributed by atoms with Gasteiger partial charge in [-0.3, -0.25) is 9.59 Å². The molecule has 1 heterocycles. The maximum absolute atomic E-state index is 13.7. The number of rotatable bonds is 8. The van der Waals surface area contributed by atoms with Gasteiger partial charge in [0, 0.05) is 29.8 Å². The fourth-order valence-electron chi connectivity index (χ4n) is 4.15. The number of amides is 2. The number of hydrogen-bond donors (Lipinski definition) is 2. The summed E-state index contributed by atoms with van der Waals surface area (Å²) in [5.74, 6) is -1.10. The number of benzene rings is 2. The molecule has 168 valence electrons. The molecule has 2 aromatic carbocycles. The molecule has 8 heteroatoms. The van der Waals surface area contributed by atoms with Gasteiger partial charge in [0.25, 0.3) is 5.91 Å². The van der Waals surface area contributed by atoms with Crippen LogP contribution in [-0.4, -0.2) is 48.0 Å². The van der Waals surface area contributed by atoms with Crippen LogP contribution < -0.4 is 10.6 Å². The van der Waals surface area contributed by atoms with Gasteiger partial charge in [0.15, 0.2) is 5.60 Å². The Labute approximate surface area is 194 Å². The first-order valence-electron chi connectivity index (χ1n) is 10.3. The molecule has 0 fully saturated rings. The molecule has 3 rings (SSSR count). The minimum Gasteiger partial charge on any atom is -0.372 e. The molecule has 0 saturated carbocycles. The van der Waals surface area contributed by atoms with Crippen molar-refractivity contribution in [1.29, 1.82) is 0 Å². The van der Waals surface area contributed by atoms with E-state index in [0.717, 1.165) is 18.7 Å². The van der Waals surface area contributed by atoms with Gasteiger partial charge < -0.3 is 20.6 Å². The Hall–Kier alpha value is -2.12. The molecule has 0 radical (unpaired) electrons. The monoisotopic (exact) mass is 465 g/mol. The van der Waals surface area contributed by atoms with Gasteiger partial charge in [-0.25, -0.2) is 0 Å². The van der Waals surface area contributed by atoms with Crippen molar-refractivity contribution in [2.75, 3.05) is 31.1 Å². The number of nitrogens with two attached hydrogens (primary N) is 1. The minimum atomic E-state index is -1.92. The lowest BCUT2D eigenvalue weighted by atomic mass is 9.83. The van der Waals surface area contributed by atoms with Gasteiger partial charge in [-0.05, 0) is 37.2 Å². The summed E-state index contributed by atoms with van der Waals surface area (Å²) < 4.78 is 0. The number of halogens is 2. The highest BCUT2D eigenvalue weighted by molar-refractivity contribution is 6.33. The van der Waals surface area contributed by atoms with Gasteiger partial charge in [0.1, 0.15) is 0 Å². The molecule has 1 aliphatic rings. The summed E-state index contributed by atoms with van der Waals surface area (Å²) in [5, 5.41) is 12.0. The molecule has 3 N–H and O–H groups in total. The summed E-state index contributed by atoms with van der Waals surface area (Å²) in [6.07, 6.45) is 0.650.